The summed E-state index contributed by atoms with van der Waals surface area (Å²) >= 11 is 1.91. The number of rotatable bonds is 7. The number of benzene rings is 1. The fourth-order valence-electron chi connectivity index (χ4n) is 3.46. The van der Waals surface area contributed by atoms with Gasteiger partial charge in [0, 0.05) is 36.8 Å². The zero-order chi connectivity index (χ0) is 20.8. The van der Waals surface area contributed by atoms with Crippen LogP contribution < -0.4 is 20.1 Å². The van der Waals surface area contributed by atoms with Crippen LogP contribution in [-0.4, -0.2) is 68.9 Å². The molecule has 2 aliphatic rings. The number of thioether (sulfide) groups is 1. The van der Waals surface area contributed by atoms with Crippen LogP contribution in [0.4, 0.5) is 4.79 Å². The van der Waals surface area contributed by atoms with Crippen LogP contribution >= 0.6 is 11.8 Å². The number of carbonyl (C=O) groups excluding carboxylic acids is 2. The molecule has 0 aliphatic carbocycles. The van der Waals surface area contributed by atoms with Gasteiger partial charge in [-0.2, -0.15) is 11.8 Å². The van der Waals surface area contributed by atoms with Gasteiger partial charge in [-0.25, -0.2) is 9.59 Å². The Kier molecular flexibility index (Phi) is 7.27. The van der Waals surface area contributed by atoms with E-state index in [0.717, 1.165) is 24.6 Å². The van der Waals surface area contributed by atoms with E-state index in [4.69, 9.17) is 14.2 Å². The van der Waals surface area contributed by atoms with Crippen LogP contribution in [0, 0.1) is 0 Å². The molecule has 158 valence electrons. The Balaban J connectivity index is 2.01. The van der Waals surface area contributed by atoms with Crippen LogP contribution in [0.15, 0.2) is 29.5 Å². The minimum Gasteiger partial charge on any atom is -0.493 e. The van der Waals surface area contributed by atoms with Gasteiger partial charge in [0.2, 0.25) is 0 Å². The lowest BCUT2D eigenvalue weighted by Gasteiger charge is -2.33. The third kappa shape index (κ3) is 4.97. The van der Waals surface area contributed by atoms with Gasteiger partial charge in [0.1, 0.15) is 0 Å². The third-order valence-electron chi connectivity index (χ3n) is 4.88. The van der Waals surface area contributed by atoms with Crippen molar-refractivity contribution in [2.75, 3.05) is 52.0 Å². The Hall–Kier alpha value is -2.39. The lowest BCUT2D eigenvalue weighted by molar-refractivity contribution is -0.139. The molecule has 1 atom stereocenters. The van der Waals surface area contributed by atoms with Crippen LogP contribution in [0.1, 0.15) is 18.5 Å². The Morgan fingerprint density at radius 2 is 1.93 bits per heavy atom. The van der Waals surface area contributed by atoms with Gasteiger partial charge in [0.25, 0.3) is 0 Å². The molecule has 3 rings (SSSR count). The molecule has 29 heavy (non-hydrogen) atoms. The van der Waals surface area contributed by atoms with Crippen LogP contribution in [0.5, 0.6) is 11.5 Å². The largest absolute Gasteiger partial charge is 0.493 e. The fourth-order valence-corrected chi connectivity index (χ4v) is 4.44. The maximum atomic E-state index is 12.9. The number of nitrogens with zero attached hydrogens (tertiary/aromatic N) is 1. The lowest BCUT2D eigenvalue weighted by atomic mass is 9.94. The van der Waals surface area contributed by atoms with Gasteiger partial charge >= 0.3 is 12.0 Å². The second kappa shape index (κ2) is 9.89. The summed E-state index contributed by atoms with van der Waals surface area (Å²) in [7, 11) is 3.10. The van der Waals surface area contributed by atoms with Crippen LogP contribution in [0.25, 0.3) is 0 Å². The standard InChI is InChI=1S/C20H27N3O5S/c1-4-28-19(24)17-14(12-23-7-9-29-10-8-23)21-20(25)22-18(17)13-5-6-15(26-2)16(11-13)27-3/h5-6,11,18H,4,7-10,12H2,1-3H3,(H2,21,22,25). The number of esters is 1. The number of hydrogen-bond donors (Lipinski definition) is 2. The molecule has 2 heterocycles. The summed E-state index contributed by atoms with van der Waals surface area (Å²) in [6, 6.07) is 4.35. The number of urea groups is 1. The molecule has 9 heteroatoms. The molecule has 0 aromatic heterocycles. The van der Waals surface area contributed by atoms with Crippen molar-refractivity contribution in [1.29, 1.82) is 0 Å². The van der Waals surface area contributed by atoms with Gasteiger partial charge < -0.3 is 24.8 Å². The topological polar surface area (TPSA) is 89.1 Å². The quantitative estimate of drug-likeness (QED) is 0.650. The smallest absolute Gasteiger partial charge is 0.338 e. The first-order valence-electron chi connectivity index (χ1n) is 9.57. The van der Waals surface area contributed by atoms with E-state index in [2.05, 4.69) is 15.5 Å². The summed E-state index contributed by atoms with van der Waals surface area (Å²) < 4.78 is 16.0. The molecule has 0 spiro atoms. The summed E-state index contributed by atoms with van der Waals surface area (Å²) in [6.45, 7) is 4.33. The molecule has 1 aromatic carbocycles. The van der Waals surface area contributed by atoms with Crippen molar-refractivity contribution in [3.05, 3.63) is 35.0 Å². The van der Waals surface area contributed by atoms with Crippen molar-refractivity contribution in [1.82, 2.24) is 15.5 Å². The maximum Gasteiger partial charge on any atom is 0.338 e. The average Bonchev–Trinajstić information content (AvgIpc) is 2.73. The Labute approximate surface area is 174 Å². The summed E-state index contributed by atoms with van der Waals surface area (Å²) in [4.78, 5) is 27.5. The van der Waals surface area contributed by atoms with Gasteiger partial charge in [0.05, 0.1) is 32.4 Å². The van der Waals surface area contributed by atoms with Crippen LogP contribution in [0.3, 0.4) is 0 Å². The van der Waals surface area contributed by atoms with Crippen molar-refractivity contribution in [3.8, 4) is 11.5 Å². The number of nitrogens with one attached hydrogen (secondary N) is 2. The molecule has 2 aliphatic heterocycles. The second-order valence-electron chi connectivity index (χ2n) is 6.65. The van der Waals surface area contributed by atoms with Gasteiger partial charge in [0.15, 0.2) is 11.5 Å². The highest BCUT2D eigenvalue weighted by Gasteiger charge is 2.35. The molecule has 0 bridgehead atoms. The fraction of sp³-hybridized carbons (Fsp3) is 0.500. The van der Waals surface area contributed by atoms with Crippen molar-refractivity contribution < 1.29 is 23.8 Å². The number of hydrogen-bond acceptors (Lipinski definition) is 7. The predicted molar refractivity (Wildman–Crippen MR) is 111 cm³/mol. The second-order valence-corrected chi connectivity index (χ2v) is 7.87. The SMILES string of the molecule is CCOC(=O)C1=C(CN2CCSCC2)NC(=O)NC1c1ccc(OC)c(OC)c1. The van der Waals surface area contributed by atoms with Gasteiger partial charge in [-0.3, -0.25) is 4.90 Å². The molecule has 2 amide bonds. The van der Waals surface area contributed by atoms with E-state index in [9.17, 15) is 9.59 Å². The number of ether oxygens (including phenoxy) is 3. The predicted octanol–water partition coefficient (Wildman–Crippen LogP) is 1.92. The molecule has 8 nitrogen and oxygen atoms in total. The molecule has 0 radical (unpaired) electrons. The Morgan fingerprint density at radius 3 is 2.59 bits per heavy atom. The van der Waals surface area contributed by atoms with E-state index >= 15 is 0 Å². The van der Waals surface area contributed by atoms with Crippen molar-refractivity contribution in [3.63, 3.8) is 0 Å². The summed E-state index contributed by atoms with van der Waals surface area (Å²) in [5.41, 5.74) is 1.71. The molecule has 1 fully saturated rings. The zero-order valence-electron chi connectivity index (χ0n) is 16.9. The van der Waals surface area contributed by atoms with E-state index in [1.54, 1.807) is 33.3 Å². The van der Waals surface area contributed by atoms with E-state index < -0.39 is 12.0 Å². The molecule has 2 N–H and O–H groups in total. The summed E-state index contributed by atoms with van der Waals surface area (Å²) in [5.74, 6) is 2.72. The van der Waals surface area contributed by atoms with Crippen molar-refractivity contribution in [2.24, 2.45) is 0 Å². The normalized spacial score (nSPS) is 20.0. The summed E-state index contributed by atoms with van der Waals surface area (Å²) in [5, 5.41) is 5.68. The van der Waals surface area contributed by atoms with E-state index in [1.807, 2.05) is 17.8 Å². The van der Waals surface area contributed by atoms with E-state index in [0.29, 0.717) is 34.9 Å². The monoisotopic (exact) mass is 421 g/mol. The molecule has 1 aromatic rings. The highest BCUT2D eigenvalue weighted by atomic mass is 32.2. The molecule has 1 saturated heterocycles. The maximum absolute atomic E-state index is 12.9. The number of methoxy groups -OCH3 is 2. The highest BCUT2D eigenvalue weighted by molar-refractivity contribution is 7.99. The van der Waals surface area contributed by atoms with Crippen molar-refractivity contribution in [2.45, 2.75) is 13.0 Å². The van der Waals surface area contributed by atoms with E-state index in [1.165, 1.54) is 0 Å². The minimum atomic E-state index is -0.642. The minimum absolute atomic E-state index is 0.253. The first-order valence-corrected chi connectivity index (χ1v) is 10.7. The number of amides is 2. The Bertz CT molecular complexity index is 792. The van der Waals surface area contributed by atoms with Gasteiger partial charge in [-0.05, 0) is 24.6 Å². The first-order chi connectivity index (χ1) is 14.1. The lowest BCUT2D eigenvalue weighted by Crippen LogP contribution is -2.49. The van der Waals surface area contributed by atoms with Crippen LogP contribution in [0.2, 0.25) is 0 Å². The summed E-state index contributed by atoms with van der Waals surface area (Å²) in [6.07, 6.45) is 0. The first kappa shape index (κ1) is 21.3. The Morgan fingerprint density at radius 1 is 1.21 bits per heavy atom. The third-order valence-corrected chi connectivity index (χ3v) is 5.82. The van der Waals surface area contributed by atoms with Gasteiger partial charge in [-0.1, -0.05) is 6.07 Å². The zero-order valence-corrected chi connectivity index (χ0v) is 17.8. The van der Waals surface area contributed by atoms with Crippen LogP contribution in [-0.2, 0) is 9.53 Å². The average molecular weight is 422 g/mol. The molecular formula is C20H27N3O5S. The number of carbonyl (C=O) groups is 2. The van der Waals surface area contributed by atoms with Crippen molar-refractivity contribution >= 4 is 23.8 Å². The molecular weight excluding hydrogens is 394 g/mol. The van der Waals surface area contributed by atoms with E-state index in [-0.39, 0.29) is 12.6 Å². The highest BCUT2D eigenvalue weighted by Crippen LogP contribution is 2.34. The molecule has 0 saturated carbocycles. The van der Waals surface area contributed by atoms with Gasteiger partial charge in [-0.15, -0.1) is 0 Å². The molecule has 1 unspecified atom stereocenters.